The van der Waals surface area contributed by atoms with Crippen LogP contribution in [0, 0.1) is 5.92 Å². The van der Waals surface area contributed by atoms with Gasteiger partial charge >= 0.3 is 0 Å². The largest absolute Gasteiger partial charge is 0.318 e. The molecule has 1 aliphatic carbocycles. The van der Waals surface area contributed by atoms with Gasteiger partial charge in [0, 0.05) is 19.1 Å². The molecule has 66 valence electrons. The molecule has 1 fully saturated rings. The quantitative estimate of drug-likeness (QED) is 0.637. The molecule has 0 saturated heterocycles. The van der Waals surface area contributed by atoms with E-state index in [-0.39, 0.29) is 0 Å². The van der Waals surface area contributed by atoms with Gasteiger partial charge in [-0.3, -0.25) is 0 Å². The van der Waals surface area contributed by atoms with Crippen molar-refractivity contribution >= 4 is 0 Å². The van der Waals surface area contributed by atoms with Crippen LogP contribution >= 0.6 is 0 Å². The van der Waals surface area contributed by atoms with E-state index in [1.54, 1.807) is 0 Å². The first-order valence-corrected chi connectivity index (χ1v) is 4.60. The van der Waals surface area contributed by atoms with E-state index in [2.05, 4.69) is 24.2 Å². The van der Waals surface area contributed by atoms with Crippen molar-refractivity contribution in [3.63, 3.8) is 0 Å². The Balaban J connectivity index is 2.11. The third-order valence-electron chi connectivity index (χ3n) is 2.71. The molecule has 0 aliphatic heterocycles. The zero-order chi connectivity index (χ0) is 8.27. The molecule has 0 aromatic rings. The molecule has 0 bridgehead atoms. The monoisotopic (exact) mass is 156 g/mol. The minimum absolute atomic E-state index is 0.795. The summed E-state index contributed by atoms with van der Waals surface area (Å²) in [7, 11) is 4.23. The Hall–Kier alpha value is -0.0800. The van der Waals surface area contributed by atoms with E-state index < -0.39 is 0 Å². The predicted molar refractivity (Wildman–Crippen MR) is 48.7 cm³/mol. The second-order valence-electron chi connectivity index (χ2n) is 3.66. The Labute approximate surface area is 70.0 Å². The van der Waals surface area contributed by atoms with Crippen LogP contribution in [-0.4, -0.2) is 38.1 Å². The lowest BCUT2D eigenvalue weighted by Gasteiger charge is -2.24. The summed E-state index contributed by atoms with van der Waals surface area (Å²) in [6, 6.07) is 0.795. The van der Waals surface area contributed by atoms with Gasteiger partial charge in [-0.2, -0.15) is 0 Å². The number of likely N-dealkylation sites (N-methyl/N-ethyl adjacent to an activating group) is 2. The Morgan fingerprint density at radius 3 is 2.64 bits per heavy atom. The maximum absolute atomic E-state index is 3.17. The zero-order valence-corrected chi connectivity index (χ0v) is 7.93. The molecular formula is C9H20N2. The van der Waals surface area contributed by atoms with E-state index in [1.165, 1.54) is 19.4 Å². The fourth-order valence-electron chi connectivity index (χ4n) is 1.43. The molecular weight excluding hydrogens is 136 g/mol. The third kappa shape index (κ3) is 2.80. The molecule has 1 unspecified atom stereocenters. The highest BCUT2D eigenvalue weighted by Crippen LogP contribution is 2.34. The first kappa shape index (κ1) is 9.01. The summed E-state index contributed by atoms with van der Waals surface area (Å²) < 4.78 is 0. The van der Waals surface area contributed by atoms with E-state index in [9.17, 15) is 0 Å². The van der Waals surface area contributed by atoms with Crippen LogP contribution in [0.4, 0.5) is 0 Å². The summed E-state index contributed by atoms with van der Waals surface area (Å²) >= 11 is 0. The van der Waals surface area contributed by atoms with Gasteiger partial charge in [-0.1, -0.05) is 0 Å². The Bertz CT molecular complexity index is 110. The van der Waals surface area contributed by atoms with Crippen molar-refractivity contribution in [3.8, 4) is 0 Å². The Kier molecular flexibility index (Phi) is 3.34. The first-order valence-electron chi connectivity index (χ1n) is 4.60. The lowest BCUT2D eigenvalue weighted by molar-refractivity contribution is 0.236. The summed E-state index contributed by atoms with van der Waals surface area (Å²) in [5.41, 5.74) is 0. The predicted octanol–water partition coefficient (Wildman–Crippen LogP) is 0.936. The van der Waals surface area contributed by atoms with Gasteiger partial charge in [0.2, 0.25) is 0 Å². The van der Waals surface area contributed by atoms with Crippen molar-refractivity contribution in [2.75, 3.05) is 27.2 Å². The van der Waals surface area contributed by atoms with E-state index in [1.807, 2.05) is 7.05 Å². The topological polar surface area (TPSA) is 15.3 Å². The molecule has 1 saturated carbocycles. The van der Waals surface area contributed by atoms with Crippen molar-refractivity contribution in [2.24, 2.45) is 5.92 Å². The van der Waals surface area contributed by atoms with E-state index >= 15 is 0 Å². The molecule has 1 N–H and O–H groups in total. The SMILES string of the molecule is CNCCN(C)C(C)C1CC1. The second-order valence-corrected chi connectivity index (χ2v) is 3.66. The summed E-state index contributed by atoms with van der Waals surface area (Å²) in [6.07, 6.45) is 2.90. The summed E-state index contributed by atoms with van der Waals surface area (Å²) in [4.78, 5) is 2.45. The highest BCUT2D eigenvalue weighted by atomic mass is 15.1. The van der Waals surface area contributed by atoms with E-state index in [0.29, 0.717) is 0 Å². The summed E-state index contributed by atoms with van der Waals surface area (Å²) in [6.45, 7) is 4.62. The van der Waals surface area contributed by atoms with Crippen LogP contribution in [0.3, 0.4) is 0 Å². The average Bonchev–Trinajstić information content (AvgIpc) is 2.81. The number of nitrogens with one attached hydrogen (secondary N) is 1. The van der Waals surface area contributed by atoms with Gasteiger partial charge < -0.3 is 10.2 Å². The minimum Gasteiger partial charge on any atom is -0.318 e. The van der Waals surface area contributed by atoms with Crippen LogP contribution < -0.4 is 5.32 Å². The van der Waals surface area contributed by atoms with Crippen LogP contribution in [0.2, 0.25) is 0 Å². The molecule has 0 aromatic carbocycles. The number of nitrogens with zero attached hydrogens (tertiary/aromatic N) is 1. The molecule has 2 nitrogen and oxygen atoms in total. The van der Waals surface area contributed by atoms with Crippen LogP contribution in [0.1, 0.15) is 19.8 Å². The molecule has 11 heavy (non-hydrogen) atoms. The molecule has 2 heteroatoms. The lowest BCUT2D eigenvalue weighted by atomic mass is 10.2. The third-order valence-corrected chi connectivity index (χ3v) is 2.71. The van der Waals surface area contributed by atoms with Crippen LogP contribution in [0.5, 0.6) is 0 Å². The first-order chi connectivity index (χ1) is 5.25. The number of hydrogen-bond acceptors (Lipinski definition) is 2. The Morgan fingerprint density at radius 2 is 2.18 bits per heavy atom. The highest BCUT2D eigenvalue weighted by molar-refractivity contribution is 4.83. The molecule has 0 aromatic heterocycles. The van der Waals surface area contributed by atoms with Gasteiger partial charge in [-0.05, 0) is 39.8 Å². The normalized spacial score (nSPS) is 20.7. The fraction of sp³-hybridized carbons (Fsp3) is 1.00. The highest BCUT2D eigenvalue weighted by Gasteiger charge is 2.29. The van der Waals surface area contributed by atoms with Gasteiger partial charge in [0.05, 0.1) is 0 Å². The molecule has 1 rings (SSSR count). The van der Waals surface area contributed by atoms with Gasteiger partial charge in [0.15, 0.2) is 0 Å². The number of rotatable bonds is 5. The van der Waals surface area contributed by atoms with Crippen LogP contribution in [0.25, 0.3) is 0 Å². The van der Waals surface area contributed by atoms with Gasteiger partial charge in [-0.15, -0.1) is 0 Å². The standard InChI is InChI=1S/C9H20N2/c1-8(9-4-5-9)11(3)7-6-10-2/h8-10H,4-7H2,1-3H3. The molecule has 0 amide bonds. The minimum atomic E-state index is 0.795. The molecule has 0 heterocycles. The van der Waals surface area contributed by atoms with E-state index in [4.69, 9.17) is 0 Å². The molecule has 1 atom stereocenters. The zero-order valence-electron chi connectivity index (χ0n) is 7.93. The lowest BCUT2D eigenvalue weighted by Crippen LogP contribution is -2.35. The van der Waals surface area contributed by atoms with Crippen LogP contribution in [0.15, 0.2) is 0 Å². The van der Waals surface area contributed by atoms with Crippen molar-refractivity contribution in [3.05, 3.63) is 0 Å². The van der Waals surface area contributed by atoms with Crippen molar-refractivity contribution in [1.82, 2.24) is 10.2 Å². The van der Waals surface area contributed by atoms with Gasteiger partial charge in [-0.25, -0.2) is 0 Å². The summed E-state index contributed by atoms with van der Waals surface area (Å²) in [5, 5.41) is 3.17. The molecule has 0 radical (unpaired) electrons. The van der Waals surface area contributed by atoms with Crippen molar-refractivity contribution in [1.29, 1.82) is 0 Å². The fourth-order valence-corrected chi connectivity index (χ4v) is 1.43. The van der Waals surface area contributed by atoms with E-state index in [0.717, 1.165) is 18.5 Å². The van der Waals surface area contributed by atoms with Crippen molar-refractivity contribution in [2.45, 2.75) is 25.8 Å². The number of hydrogen-bond donors (Lipinski definition) is 1. The van der Waals surface area contributed by atoms with Crippen LogP contribution in [-0.2, 0) is 0 Å². The maximum Gasteiger partial charge on any atom is 0.0107 e. The molecule has 1 aliphatic rings. The maximum atomic E-state index is 3.17. The Morgan fingerprint density at radius 1 is 1.55 bits per heavy atom. The molecule has 0 spiro atoms. The van der Waals surface area contributed by atoms with Gasteiger partial charge in [0.1, 0.15) is 0 Å². The van der Waals surface area contributed by atoms with Gasteiger partial charge in [0.25, 0.3) is 0 Å². The smallest absolute Gasteiger partial charge is 0.0107 e. The summed E-state index contributed by atoms with van der Waals surface area (Å²) in [5.74, 6) is 0.997. The average molecular weight is 156 g/mol. The van der Waals surface area contributed by atoms with Crippen molar-refractivity contribution < 1.29 is 0 Å². The second kappa shape index (κ2) is 4.07.